The van der Waals surface area contributed by atoms with Crippen molar-refractivity contribution in [2.24, 2.45) is 16.2 Å². The molecule has 1 atom stereocenters. The Hall–Kier alpha value is -0.570. The van der Waals surface area contributed by atoms with Gasteiger partial charge in [-0.25, -0.2) is 0 Å². The van der Waals surface area contributed by atoms with Gasteiger partial charge in [0, 0.05) is 0 Å². The van der Waals surface area contributed by atoms with Crippen molar-refractivity contribution >= 4 is 5.97 Å². The zero-order chi connectivity index (χ0) is 14.6. The number of carbonyl (C=O) groups excluding carboxylic acids is 1. The lowest BCUT2D eigenvalue weighted by Crippen LogP contribution is -2.50. The van der Waals surface area contributed by atoms with Crippen molar-refractivity contribution in [3.63, 3.8) is 0 Å². The molecule has 0 saturated carbocycles. The minimum atomic E-state index is -0.823. The molecule has 18 heavy (non-hydrogen) atoms. The van der Waals surface area contributed by atoms with Gasteiger partial charge in [-0.1, -0.05) is 48.0 Å². The predicted octanol–water partition coefficient (Wildman–Crippen LogP) is 3.40. The van der Waals surface area contributed by atoms with E-state index in [1.807, 2.05) is 20.8 Å². The Morgan fingerprint density at radius 1 is 1.11 bits per heavy atom. The van der Waals surface area contributed by atoms with Crippen LogP contribution in [0.1, 0.15) is 60.8 Å². The Balaban J connectivity index is 5.60. The highest BCUT2D eigenvalue weighted by molar-refractivity contribution is 5.78. The Labute approximate surface area is 112 Å². The van der Waals surface area contributed by atoms with Gasteiger partial charge in [0.05, 0.1) is 19.1 Å². The maximum absolute atomic E-state index is 12.3. The van der Waals surface area contributed by atoms with Crippen molar-refractivity contribution in [3.05, 3.63) is 0 Å². The van der Waals surface area contributed by atoms with Crippen molar-refractivity contribution in [2.75, 3.05) is 13.7 Å². The molecule has 0 aliphatic heterocycles. The summed E-state index contributed by atoms with van der Waals surface area (Å²) >= 11 is 0. The normalized spacial score (nSPS) is 16.2. The summed E-state index contributed by atoms with van der Waals surface area (Å²) in [6.07, 6.45) is 2.43. The lowest BCUT2D eigenvalue weighted by atomic mass is 9.58. The van der Waals surface area contributed by atoms with E-state index in [1.54, 1.807) is 0 Å². The molecule has 0 saturated heterocycles. The third-order valence-corrected chi connectivity index (χ3v) is 4.76. The molecule has 108 valence electrons. The Morgan fingerprint density at radius 2 is 1.61 bits per heavy atom. The minimum Gasteiger partial charge on any atom is -0.469 e. The molecule has 1 N–H and O–H groups in total. The van der Waals surface area contributed by atoms with E-state index in [1.165, 1.54) is 7.11 Å². The van der Waals surface area contributed by atoms with E-state index < -0.39 is 5.41 Å². The highest BCUT2D eigenvalue weighted by Gasteiger charge is 2.52. The van der Waals surface area contributed by atoms with Crippen LogP contribution in [0, 0.1) is 16.2 Å². The Morgan fingerprint density at radius 3 is 1.89 bits per heavy atom. The summed E-state index contributed by atoms with van der Waals surface area (Å²) < 4.78 is 4.99. The molecule has 3 nitrogen and oxygen atoms in total. The average Bonchev–Trinajstić information content (AvgIpc) is 2.34. The van der Waals surface area contributed by atoms with Crippen molar-refractivity contribution in [1.82, 2.24) is 0 Å². The SMILES string of the molecule is CCC(C)(C)CC(CO)(C(=O)OC)C(C)(C)CC. The molecular weight excluding hydrogens is 228 g/mol. The average molecular weight is 258 g/mol. The van der Waals surface area contributed by atoms with Gasteiger partial charge in [0.1, 0.15) is 0 Å². The first-order valence-corrected chi connectivity index (χ1v) is 6.81. The molecule has 0 amide bonds. The van der Waals surface area contributed by atoms with Crippen LogP contribution in [0.25, 0.3) is 0 Å². The molecule has 3 heteroatoms. The van der Waals surface area contributed by atoms with E-state index in [0.29, 0.717) is 6.42 Å². The smallest absolute Gasteiger partial charge is 0.314 e. The van der Waals surface area contributed by atoms with E-state index >= 15 is 0 Å². The number of rotatable bonds is 7. The topological polar surface area (TPSA) is 46.5 Å². The first-order valence-electron chi connectivity index (χ1n) is 6.81. The van der Waals surface area contributed by atoms with Crippen molar-refractivity contribution < 1.29 is 14.6 Å². The van der Waals surface area contributed by atoms with Gasteiger partial charge < -0.3 is 9.84 Å². The number of carbonyl (C=O) groups is 1. The lowest BCUT2D eigenvalue weighted by molar-refractivity contribution is -0.170. The van der Waals surface area contributed by atoms with Gasteiger partial charge >= 0.3 is 5.97 Å². The third-order valence-electron chi connectivity index (χ3n) is 4.76. The fourth-order valence-corrected chi connectivity index (χ4v) is 2.40. The van der Waals surface area contributed by atoms with Crippen molar-refractivity contribution in [2.45, 2.75) is 60.8 Å². The van der Waals surface area contributed by atoms with E-state index in [9.17, 15) is 9.90 Å². The predicted molar refractivity (Wildman–Crippen MR) is 74.3 cm³/mol. The largest absolute Gasteiger partial charge is 0.469 e. The molecule has 0 spiro atoms. The van der Waals surface area contributed by atoms with Gasteiger partial charge in [0.25, 0.3) is 0 Å². The summed E-state index contributed by atoms with van der Waals surface area (Å²) in [7, 11) is 1.40. The molecule has 0 aromatic rings. The second-order valence-corrected chi connectivity index (χ2v) is 6.66. The van der Waals surface area contributed by atoms with Crippen LogP contribution in [0.5, 0.6) is 0 Å². The van der Waals surface area contributed by atoms with E-state index in [0.717, 1.165) is 12.8 Å². The van der Waals surface area contributed by atoms with Gasteiger partial charge in [-0.2, -0.15) is 0 Å². The van der Waals surface area contributed by atoms with Crippen LogP contribution in [-0.2, 0) is 9.53 Å². The molecule has 0 heterocycles. The van der Waals surface area contributed by atoms with Crippen LogP contribution >= 0.6 is 0 Å². The lowest BCUT2D eigenvalue weighted by Gasteiger charge is -2.46. The number of hydrogen-bond donors (Lipinski definition) is 1. The van der Waals surface area contributed by atoms with Crippen molar-refractivity contribution in [1.29, 1.82) is 0 Å². The van der Waals surface area contributed by atoms with E-state index in [4.69, 9.17) is 4.74 Å². The van der Waals surface area contributed by atoms with Crippen LogP contribution in [0.2, 0.25) is 0 Å². The van der Waals surface area contributed by atoms with Gasteiger partial charge in [0.15, 0.2) is 0 Å². The maximum Gasteiger partial charge on any atom is 0.314 e. The number of esters is 1. The molecule has 0 aliphatic carbocycles. The first kappa shape index (κ1) is 17.4. The number of methoxy groups -OCH3 is 1. The summed E-state index contributed by atoms with van der Waals surface area (Å²) in [5.41, 5.74) is -1.11. The molecule has 0 aliphatic rings. The number of aliphatic hydroxyl groups is 1. The maximum atomic E-state index is 12.3. The van der Waals surface area contributed by atoms with Crippen LogP contribution in [0.4, 0.5) is 0 Å². The number of hydrogen-bond acceptors (Lipinski definition) is 3. The van der Waals surface area contributed by atoms with Gasteiger partial charge in [0.2, 0.25) is 0 Å². The van der Waals surface area contributed by atoms with Crippen LogP contribution < -0.4 is 0 Å². The monoisotopic (exact) mass is 258 g/mol. The molecule has 0 radical (unpaired) electrons. The van der Waals surface area contributed by atoms with Gasteiger partial charge in [-0.3, -0.25) is 4.79 Å². The highest BCUT2D eigenvalue weighted by Crippen LogP contribution is 2.50. The van der Waals surface area contributed by atoms with Crippen molar-refractivity contribution in [3.8, 4) is 0 Å². The molecule has 0 fully saturated rings. The fraction of sp³-hybridized carbons (Fsp3) is 0.933. The van der Waals surface area contributed by atoms with E-state index in [2.05, 4.69) is 20.8 Å². The molecule has 0 aromatic carbocycles. The second kappa shape index (κ2) is 6.05. The summed E-state index contributed by atoms with van der Waals surface area (Å²) in [4.78, 5) is 12.3. The quantitative estimate of drug-likeness (QED) is 0.712. The minimum absolute atomic E-state index is 0.00333. The van der Waals surface area contributed by atoms with Gasteiger partial charge in [-0.15, -0.1) is 0 Å². The highest BCUT2D eigenvalue weighted by atomic mass is 16.5. The number of ether oxygens (including phenoxy) is 1. The fourth-order valence-electron chi connectivity index (χ4n) is 2.40. The number of aliphatic hydroxyl groups excluding tert-OH is 1. The second-order valence-electron chi connectivity index (χ2n) is 6.66. The zero-order valence-corrected chi connectivity index (χ0v) is 13.1. The van der Waals surface area contributed by atoms with Crippen LogP contribution in [-0.4, -0.2) is 24.8 Å². The first-order chi connectivity index (χ1) is 8.12. The molecule has 0 rings (SSSR count). The van der Waals surface area contributed by atoms with Crippen LogP contribution in [0.15, 0.2) is 0 Å². The Kier molecular flexibility index (Phi) is 5.86. The summed E-state index contributed by atoms with van der Waals surface area (Å²) in [6, 6.07) is 0. The molecule has 0 aromatic heterocycles. The molecular formula is C15H30O3. The third kappa shape index (κ3) is 3.25. The summed E-state index contributed by atoms with van der Waals surface area (Å²) in [5.74, 6) is -0.293. The van der Waals surface area contributed by atoms with Gasteiger partial charge in [-0.05, 0) is 23.7 Å². The van der Waals surface area contributed by atoms with E-state index in [-0.39, 0.29) is 23.4 Å². The zero-order valence-electron chi connectivity index (χ0n) is 13.1. The Bertz CT molecular complexity index is 281. The standard InChI is InChI=1S/C15H30O3/c1-8-13(3,4)10-15(11-16,12(17)18-7)14(5,6)9-2/h16H,8-11H2,1-7H3. The summed E-state index contributed by atoms with van der Waals surface area (Å²) in [5, 5.41) is 9.90. The molecule has 1 unspecified atom stereocenters. The summed E-state index contributed by atoms with van der Waals surface area (Å²) in [6.45, 7) is 12.3. The van der Waals surface area contributed by atoms with Crippen LogP contribution in [0.3, 0.4) is 0 Å². The molecule has 0 bridgehead atoms.